The summed E-state index contributed by atoms with van der Waals surface area (Å²) < 4.78 is 14.1. The molecule has 1 saturated heterocycles. The van der Waals surface area contributed by atoms with Crippen molar-refractivity contribution >= 4 is 16.5 Å². The van der Waals surface area contributed by atoms with Crippen molar-refractivity contribution in [1.82, 2.24) is 9.88 Å². The van der Waals surface area contributed by atoms with Gasteiger partial charge < -0.3 is 4.90 Å². The van der Waals surface area contributed by atoms with Crippen LogP contribution >= 0.6 is 11.3 Å². The second-order valence-corrected chi connectivity index (χ2v) is 6.43. The Morgan fingerprint density at radius 2 is 2.00 bits per heavy atom. The number of thiazole rings is 1. The standard InChI is InChI=1S/C14H22FN3S/c15-12-4-1-2-5-13(12)17-7-3-8-18(10-9-17)14-16-6-11-19-14/h6,11-13H,1-5,7-10H2/t12-,13-/m1/s1. The molecule has 1 saturated carbocycles. The van der Waals surface area contributed by atoms with Crippen LogP contribution in [0.2, 0.25) is 0 Å². The van der Waals surface area contributed by atoms with E-state index in [0.29, 0.717) is 0 Å². The number of rotatable bonds is 2. The lowest BCUT2D eigenvalue weighted by atomic mass is 9.92. The average molecular weight is 283 g/mol. The fourth-order valence-corrected chi connectivity index (χ4v) is 4.01. The Hall–Kier alpha value is -0.680. The van der Waals surface area contributed by atoms with E-state index in [9.17, 15) is 4.39 Å². The van der Waals surface area contributed by atoms with E-state index in [0.717, 1.165) is 57.0 Å². The molecule has 19 heavy (non-hydrogen) atoms. The molecule has 2 fully saturated rings. The number of halogens is 1. The molecule has 1 aromatic heterocycles. The molecule has 0 bridgehead atoms. The van der Waals surface area contributed by atoms with Crippen molar-refractivity contribution in [2.45, 2.75) is 44.3 Å². The summed E-state index contributed by atoms with van der Waals surface area (Å²) in [6.07, 6.45) is 6.43. The van der Waals surface area contributed by atoms with E-state index in [-0.39, 0.29) is 6.04 Å². The third kappa shape index (κ3) is 3.08. The molecule has 0 N–H and O–H groups in total. The number of hydrogen-bond donors (Lipinski definition) is 0. The molecule has 5 heteroatoms. The smallest absolute Gasteiger partial charge is 0.185 e. The molecule has 1 aliphatic carbocycles. The summed E-state index contributed by atoms with van der Waals surface area (Å²) in [5.41, 5.74) is 0. The van der Waals surface area contributed by atoms with Crippen LogP contribution in [-0.2, 0) is 0 Å². The van der Waals surface area contributed by atoms with E-state index in [4.69, 9.17) is 0 Å². The number of hydrogen-bond acceptors (Lipinski definition) is 4. The summed E-state index contributed by atoms with van der Waals surface area (Å²) in [6, 6.07) is 0.171. The summed E-state index contributed by atoms with van der Waals surface area (Å²) in [7, 11) is 0. The van der Waals surface area contributed by atoms with Crippen molar-refractivity contribution in [2.75, 3.05) is 31.1 Å². The fraction of sp³-hybridized carbons (Fsp3) is 0.786. The molecule has 2 aliphatic rings. The van der Waals surface area contributed by atoms with E-state index in [1.165, 1.54) is 6.42 Å². The van der Waals surface area contributed by atoms with Crippen molar-refractivity contribution in [3.63, 3.8) is 0 Å². The van der Waals surface area contributed by atoms with Gasteiger partial charge in [-0.25, -0.2) is 9.37 Å². The molecular formula is C14H22FN3S. The molecule has 0 aromatic carbocycles. The van der Waals surface area contributed by atoms with Crippen LogP contribution in [0.15, 0.2) is 11.6 Å². The van der Waals surface area contributed by atoms with Gasteiger partial charge in [0.25, 0.3) is 0 Å². The Morgan fingerprint density at radius 3 is 2.79 bits per heavy atom. The minimum Gasteiger partial charge on any atom is -0.347 e. The van der Waals surface area contributed by atoms with Gasteiger partial charge in [0.05, 0.1) is 0 Å². The van der Waals surface area contributed by atoms with E-state index < -0.39 is 6.17 Å². The van der Waals surface area contributed by atoms with Crippen LogP contribution in [0.1, 0.15) is 32.1 Å². The maximum Gasteiger partial charge on any atom is 0.185 e. The van der Waals surface area contributed by atoms with Crippen LogP contribution in [0.5, 0.6) is 0 Å². The highest BCUT2D eigenvalue weighted by Crippen LogP contribution is 2.27. The van der Waals surface area contributed by atoms with E-state index in [2.05, 4.69) is 14.8 Å². The topological polar surface area (TPSA) is 19.4 Å². The quantitative estimate of drug-likeness (QED) is 0.832. The summed E-state index contributed by atoms with van der Waals surface area (Å²) >= 11 is 1.70. The Morgan fingerprint density at radius 1 is 1.11 bits per heavy atom. The van der Waals surface area contributed by atoms with Gasteiger partial charge in [0.15, 0.2) is 5.13 Å². The van der Waals surface area contributed by atoms with Crippen molar-refractivity contribution in [3.05, 3.63) is 11.6 Å². The Kier molecular flexibility index (Phi) is 4.33. The van der Waals surface area contributed by atoms with Gasteiger partial charge in [-0.2, -0.15) is 0 Å². The SMILES string of the molecule is F[C@@H]1CCCC[C@H]1N1CCCN(c2nccs2)CC1. The third-order valence-corrected chi connectivity index (χ3v) is 5.17. The van der Waals surface area contributed by atoms with Crippen molar-refractivity contribution < 1.29 is 4.39 Å². The first kappa shape index (κ1) is 13.3. The highest BCUT2D eigenvalue weighted by molar-refractivity contribution is 7.13. The number of anilines is 1. The third-order valence-electron chi connectivity index (χ3n) is 4.34. The van der Waals surface area contributed by atoms with Crippen molar-refractivity contribution in [3.8, 4) is 0 Å². The second kappa shape index (κ2) is 6.18. The van der Waals surface area contributed by atoms with Crippen LogP contribution in [0.4, 0.5) is 9.52 Å². The maximum absolute atomic E-state index is 14.1. The van der Waals surface area contributed by atoms with Gasteiger partial charge in [0, 0.05) is 43.8 Å². The lowest BCUT2D eigenvalue weighted by molar-refractivity contribution is 0.0810. The van der Waals surface area contributed by atoms with Gasteiger partial charge in [-0.05, 0) is 19.3 Å². The van der Waals surface area contributed by atoms with Crippen molar-refractivity contribution in [1.29, 1.82) is 0 Å². The molecule has 0 unspecified atom stereocenters. The van der Waals surface area contributed by atoms with Crippen LogP contribution in [0.3, 0.4) is 0 Å². The average Bonchev–Trinajstić information content (AvgIpc) is 2.85. The minimum atomic E-state index is -0.611. The van der Waals surface area contributed by atoms with Gasteiger partial charge in [0.2, 0.25) is 0 Å². The molecule has 1 aliphatic heterocycles. The Bertz CT molecular complexity index is 384. The van der Waals surface area contributed by atoms with Gasteiger partial charge >= 0.3 is 0 Å². The van der Waals surface area contributed by atoms with Crippen LogP contribution < -0.4 is 4.90 Å². The van der Waals surface area contributed by atoms with Gasteiger partial charge in [-0.1, -0.05) is 12.8 Å². The van der Waals surface area contributed by atoms with E-state index in [1.807, 2.05) is 11.6 Å². The van der Waals surface area contributed by atoms with Gasteiger partial charge in [0.1, 0.15) is 6.17 Å². The first-order valence-electron chi connectivity index (χ1n) is 7.37. The molecular weight excluding hydrogens is 261 g/mol. The lowest BCUT2D eigenvalue weighted by Gasteiger charge is -2.35. The van der Waals surface area contributed by atoms with E-state index >= 15 is 0 Å². The normalized spacial score (nSPS) is 30.3. The van der Waals surface area contributed by atoms with Crippen LogP contribution in [0, 0.1) is 0 Å². The molecule has 106 valence electrons. The largest absolute Gasteiger partial charge is 0.347 e. The molecule has 2 heterocycles. The van der Waals surface area contributed by atoms with E-state index in [1.54, 1.807) is 11.3 Å². The zero-order valence-corrected chi connectivity index (χ0v) is 12.1. The number of nitrogens with zero attached hydrogens (tertiary/aromatic N) is 3. The van der Waals surface area contributed by atoms with Crippen LogP contribution in [0.25, 0.3) is 0 Å². The van der Waals surface area contributed by atoms with Gasteiger partial charge in [-0.15, -0.1) is 11.3 Å². The summed E-state index contributed by atoms with van der Waals surface area (Å²) in [5, 5.41) is 3.14. The molecule has 2 atom stereocenters. The molecule has 0 radical (unpaired) electrons. The van der Waals surface area contributed by atoms with Gasteiger partial charge in [-0.3, -0.25) is 4.90 Å². The molecule has 3 nitrogen and oxygen atoms in total. The second-order valence-electron chi connectivity index (χ2n) is 5.56. The van der Waals surface area contributed by atoms with Crippen molar-refractivity contribution in [2.24, 2.45) is 0 Å². The predicted octanol–water partition coefficient (Wildman–Crippen LogP) is 2.94. The minimum absolute atomic E-state index is 0.171. The summed E-state index contributed by atoms with van der Waals surface area (Å²) in [4.78, 5) is 9.12. The number of aromatic nitrogens is 1. The zero-order valence-electron chi connectivity index (χ0n) is 11.3. The monoisotopic (exact) mass is 283 g/mol. The molecule has 1 aromatic rings. The number of alkyl halides is 1. The fourth-order valence-electron chi connectivity index (χ4n) is 3.31. The maximum atomic E-state index is 14.1. The first-order chi connectivity index (χ1) is 9.34. The highest BCUT2D eigenvalue weighted by atomic mass is 32.1. The molecule has 3 rings (SSSR count). The molecule has 0 spiro atoms. The first-order valence-corrected chi connectivity index (χ1v) is 8.25. The Balaban J connectivity index is 1.61. The van der Waals surface area contributed by atoms with Crippen LogP contribution in [-0.4, -0.2) is 48.3 Å². The zero-order chi connectivity index (χ0) is 13.1. The highest BCUT2D eigenvalue weighted by Gasteiger charge is 2.31. The molecule has 0 amide bonds. The lowest BCUT2D eigenvalue weighted by Crippen LogP contribution is -2.45. The summed E-state index contributed by atoms with van der Waals surface area (Å²) in [6.45, 7) is 4.04. The Labute approximate surface area is 118 Å². The summed E-state index contributed by atoms with van der Waals surface area (Å²) in [5.74, 6) is 0. The predicted molar refractivity (Wildman–Crippen MR) is 77.7 cm³/mol.